The summed E-state index contributed by atoms with van der Waals surface area (Å²) in [6.07, 6.45) is 4.03. The topological polar surface area (TPSA) is 104 Å². The van der Waals surface area contributed by atoms with E-state index in [2.05, 4.69) is 6.92 Å². The van der Waals surface area contributed by atoms with Gasteiger partial charge in [-0.05, 0) is 25.0 Å². The van der Waals surface area contributed by atoms with Crippen LogP contribution in [0.5, 0.6) is 5.75 Å². The third kappa shape index (κ3) is 7.21. The lowest BCUT2D eigenvalue weighted by atomic mass is 9.88. The maximum absolute atomic E-state index is 10.7. The first kappa shape index (κ1) is 22.2. The molecule has 0 amide bonds. The van der Waals surface area contributed by atoms with Crippen molar-refractivity contribution in [1.82, 2.24) is 0 Å². The summed E-state index contributed by atoms with van der Waals surface area (Å²) in [5, 5.41) is 26.0. The van der Waals surface area contributed by atoms with Gasteiger partial charge in [-0.15, -0.1) is 0 Å². The third-order valence-corrected chi connectivity index (χ3v) is 3.81. The van der Waals surface area contributed by atoms with Crippen LogP contribution in [0.2, 0.25) is 0 Å². The van der Waals surface area contributed by atoms with Crippen molar-refractivity contribution in [2.45, 2.75) is 33.1 Å². The molecule has 3 N–H and O–H groups in total. The van der Waals surface area contributed by atoms with Gasteiger partial charge in [-0.3, -0.25) is 9.59 Å². The molecule has 0 aliphatic carbocycles. The summed E-state index contributed by atoms with van der Waals surface area (Å²) in [5.41, 5.74) is 0.337. The fourth-order valence-corrected chi connectivity index (χ4v) is 1.66. The molecular formula is C18H28O6. The average Bonchev–Trinajstić information content (AvgIpc) is 2.64. The minimum atomic E-state index is -0.667. The van der Waals surface area contributed by atoms with Crippen LogP contribution in [0.4, 0.5) is 0 Å². The van der Waals surface area contributed by atoms with Gasteiger partial charge in [0.25, 0.3) is 0 Å². The fourth-order valence-electron chi connectivity index (χ4n) is 1.66. The van der Waals surface area contributed by atoms with Crippen molar-refractivity contribution < 1.29 is 29.6 Å². The van der Waals surface area contributed by atoms with Gasteiger partial charge in [0.05, 0.1) is 32.0 Å². The lowest BCUT2D eigenvalue weighted by Crippen LogP contribution is -2.32. The molecule has 1 aromatic rings. The van der Waals surface area contributed by atoms with Crippen LogP contribution in [0.15, 0.2) is 18.2 Å². The van der Waals surface area contributed by atoms with Crippen LogP contribution < -0.4 is 4.74 Å². The van der Waals surface area contributed by atoms with E-state index < -0.39 is 5.41 Å². The molecule has 0 saturated carbocycles. The van der Waals surface area contributed by atoms with Gasteiger partial charge >= 0.3 is 0 Å². The van der Waals surface area contributed by atoms with Crippen LogP contribution in [0.1, 0.15) is 53.8 Å². The molecule has 6 nitrogen and oxygen atoms in total. The SMILES string of the molecule is CCC(CO)(CO)CO.CCCCOc1cc(C=O)ccc1C=O. The Kier molecular flexibility index (Phi) is 11.7. The van der Waals surface area contributed by atoms with Gasteiger partial charge in [0, 0.05) is 11.0 Å². The molecule has 136 valence electrons. The zero-order valence-electron chi connectivity index (χ0n) is 14.4. The smallest absolute Gasteiger partial charge is 0.153 e. The molecule has 0 heterocycles. The molecule has 0 radical (unpaired) electrons. The largest absolute Gasteiger partial charge is 0.493 e. The minimum absolute atomic E-state index is 0.156. The van der Waals surface area contributed by atoms with E-state index in [9.17, 15) is 9.59 Å². The van der Waals surface area contributed by atoms with E-state index in [0.29, 0.717) is 29.9 Å². The fraction of sp³-hybridized carbons (Fsp3) is 0.556. The normalized spacial score (nSPS) is 10.5. The first-order chi connectivity index (χ1) is 11.6. The van der Waals surface area contributed by atoms with Gasteiger partial charge in [-0.1, -0.05) is 26.3 Å². The molecule has 6 heteroatoms. The Morgan fingerprint density at radius 1 is 1.04 bits per heavy atom. The van der Waals surface area contributed by atoms with E-state index in [0.717, 1.165) is 25.4 Å². The molecule has 0 fully saturated rings. The number of aliphatic hydroxyl groups excluding tert-OH is 3. The van der Waals surface area contributed by atoms with Crippen molar-refractivity contribution >= 4 is 12.6 Å². The standard InChI is InChI=1S/C12H14O3.C6H14O3/c1-2-3-6-15-12-7-10(8-13)4-5-11(12)9-14;1-2-6(3-7,4-8)5-9/h4-5,7-9H,2-3,6H2,1H3;7-9H,2-5H2,1H3. The van der Waals surface area contributed by atoms with E-state index in [4.69, 9.17) is 20.1 Å². The summed E-state index contributed by atoms with van der Waals surface area (Å²) in [4.78, 5) is 21.2. The molecule has 0 aromatic heterocycles. The average molecular weight is 340 g/mol. The number of carbonyl (C=O) groups excluding carboxylic acids is 2. The summed E-state index contributed by atoms with van der Waals surface area (Å²) in [6, 6.07) is 4.79. The predicted molar refractivity (Wildman–Crippen MR) is 91.6 cm³/mol. The highest BCUT2D eigenvalue weighted by Crippen LogP contribution is 2.19. The molecule has 0 spiro atoms. The summed E-state index contributed by atoms with van der Waals surface area (Å²) in [6.45, 7) is 3.98. The van der Waals surface area contributed by atoms with E-state index >= 15 is 0 Å². The van der Waals surface area contributed by atoms with Crippen LogP contribution in [0.25, 0.3) is 0 Å². The summed E-state index contributed by atoms with van der Waals surface area (Å²) >= 11 is 0. The quantitative estimate of drug-likeness (QED) is 0.443. The second kappa shape index (κ2) is 12.6. The van der Waals surface area contributed by atoms with Crippen LogP contribution in [-0.2, 0) is 0 Å². The van der Waals surface area contributed by atoms with E-state index in [1.54, 1.807) is 18.2 Å². The number of aliphatic hydroxyl groups is 3. The molecule has 24 heavy (non-hydrogen) atoms. The zero-order valence-corrected chi connectivity index (χ0v) is 14.4. The van der Waals surface area contributed by atoms with Crippen molar-refractivity contribution in [3.8, 4) is 5.75 Å². The molecule has 1 aromatic carbocycles. The molecule has 0 atom stereocenters. The number of hydrogen-bond acceptors (Lipinski definition) is 6. The van der Waals surface area contributed by atoms with Crippen LogP contribution in [0, 0.1) is 5.41 Å². The molecule has 0 unspecified atom stereocenters. The van der Waals surface area contributed by atoms with Crippen LogP contribution in [0.3, 0.4) is 0 Å². The van der Waals surface area contributed by atoms with Crippen molar-refractivity contribution in [3.05, 3.63) is 29.3 Å². The Bertz CT molecular complexity index is 465. The summed E-state index contributed by atoms with van der Waals surface area (Å²) in [7, 11) is 0. The van der Waals surface area contributed by atoms with Gasteiger partial charge in [-0.25, -0.2) is 0 Å². The molecule has 0 saturated heterocycles. The summed E-state index contributed by atoms with van der Waals surface area (Å²) < 4.78 is 5.42. The maximum Gasteiger partial charge on any atom is 0.153 e. The van der Waals surface area contributed by atoms with Gasteiger partial charge in [0.1, 0.15) is 12.0 Å². The van der Waals surface area contributed by atoms with Gasteiger partial charge in [-0.2, -0.15) is 0 Å². The number of carbonyl (C=O) groups is 2. The first-order valence-electron chi connectivity index (χ1n) is 8.06. The van der Waals surface area contributed by atoms with Crippen LogP contribution >= 0.6 is 0 Å². The molecule has 0 aliphatic rings. The highest BCUT2D eigenvalue weighted by molar-refractivity contribution is 5.83. The van der Waals surface area contributed by atoms with Crippen LogP contribution in [-0.4, -0.2) is 54.3 Å². The third-order valence-electron chi connectivity index (χ3n) is 3.81. The number of hydrogen-bond donors (Lipinski definition) is 3. The van der Waals surface area contributed by atoms with Crippen molar-refractivity contribution in [3.63, 3.8) is 0 Å². The minimum Gasteiger partial charge on any atom is -0.493 e. The number of ether oxygens (including phenoxy) is 1. The van der Waals surface area contributed by atoms with Crippen molar-refractivity contribution in [1.29, 1.82) is 0 Å². The van der Waals surface area contributed by atoms with E-state index in [-0.39, 0.29) is 19.8 Å². The lowest BCUT2D eigenvalue weighted by molar-refractivity contribution is 0.00304. The Morgan fingerprint density at radius 3 is 2.04 bits per heavy atom. The molecule has 0 aliphatic heterocycles. The van der Waals surface area contributed by atoms with E-state index in [1.165, 1.54) is 0 Å². The van der Waals surface area contributed by atoms with E-state index in [1.807, 2.05) is 6.92 Å². The predicted octanol–water partition coefficient (Wildman–Crippen LogP) is 1.85. The number of benzene rings is 1. The number of aldehydes is 2. The first-order valence-corrected chi connectivity index (χ1v) is 8.06. The lowest BCUT2D eigenvalue weighted by Gasteiger charge is -2.24. The number of rotatable bonds is 10. The second-order valence-electron chi connectivity index (χ2n) is 5.56. The Labute approximate surface area is 143 Å². The Morgan fingerprint density at radius 2 is 1.67 bits per heavy atom. The maximum atomic E-state index is 10.7. The highest BCUT2D eigenvalue weighted by Gasteiger charge is 2.24. The van der Waals surface area contributed by atoms with Crippen molar-refractivity contribution in [2.24, 2.45) is 5.41 Å². The van der Waals surface area contributed by atoms with Gasteiger partial charge < -0.3 is 20.1 Å². The van der Waals surface area contributed by atoms with Gasteiger partial charge in [0.15, 0.2) is 6.29 Å². The monoisotopic (exact) mass is 340 g/mol. The molecule has 0 bridgehead atoms. The van der Waals surface area contributed by atoms with Crippen molar-refractivity contribution in [2.75, 3.05) is 26.4 Å². The number of unbranched alkanes of at least 4 members (excludes halogenated alkanes) is 1. The second-order valence-corrected chi connectivity index (χ2v) is 5.56. The molecule has 1 rings (SSSR count). The Balaban J connectivity index is 0.000000506. The zero-order chi connectivity index (χ0) is 18.4. The van der Waals surface area contributed by atoms with Gasteiger partial charge in [0.2, 0.25) is 0 Å². The summed E-state index contributed by atoms with van der Waals surface area (Å²) in [5.74, 6) is 0.489. The Hall–Kier alpha value is -1.76. The highest BCUT2D eigenvalue weighted by atomic mass is 16.5. The molecular weight excluding hydrogens is 312 g/mol.